The van der Waals surface area contributed by atoms with Crippen molar-refractivity contribution in [3.63, 3.8) is 0 Å². The lowest BCUT2D eigenvalue weighted by atomic mass is 10.2. The first-order valence-corrected chi connectivity index (χ1v) is 6.59. The van der Waals surface area contributed by atoms with Crippen molar-refractivity contribution in [2.24, 2.45) is 7.05 Å². The third kappa shape index (κ3) is 2.18. The summed E-state index contributed by atoms with van der Waals surface area (Å²) in [6, 6.07) is 7.58. The first-order valence-electron chi connectivity index (χ1n) is 6.59. The molecule has 0 spiro atoms. The number of hydrogen-bond acceptors (Lipinski definition) is 5. The van der Waals surface area contributed by atoms with Gasteiger partial charge in [0.1, 0.15) is 5.75 Å². The van der Waals surface area contributed by atoms with Crippen molar-refractivity contribution >= 4 is 0 Å². The molecule has 0 unspecified atom stereocenters. The number of benzene rings is 1. The molecule has 0 aliphatic heterocycles. The van der Waals surface area contributed by atoms with Gasteiger partial charge in [0, 0.05) is 12.7 Å². The quantitative estimate of drug-likeness (QED) is 0.740. The summed E-state index contributed by atoms with van der Waals surface area (Å²) in [6.45, 7) is 3.90. The minimum absolute atomic E-state index is 0.471. The Morgan fingerprint density at radius 3 is 2.62 bits per heavy atom. The first kappa shape index (κ1) is 13.4. The molecule has 0 saturated carbocycles. The van der Waals surface area contributed by atoms with Gasteiger partial charge in [0.15, 0.2) is 0 Å². The zero-order valence-electron chi connectivity index (χ0n) is 12.4. The molecule has 1 aromatic carbocycles. The molecule has 0 radical (unpaired) electrons. The van der Waals surface area contributed by atoms with Gasteiger partial charge in [-0.2, -0.15) is 10.1 Å². The second kappa shape index (κ2) is 5.05. The Morgan fingerprint density at radius 2 is 1.95 bits per heavy atom. The predicted octanol–water partition coefficient (Wildman–Crippen LogP) is 2.76. The number of aryl methyl sites for hydroxylation is 2. The second-order valence-corrected chi connectivity index (χ2v) is 4.79. The summed E-state index contributed by atoms with van der Waals surface area (Å²) < 4.78 is 12.5. The van der Waals surface area contributed by atoms with Gasteiger partial charge < -0.3 is 9.26 Å². The van der Waals surface area contributed by atoms with Gasteiger partial charge in [0.25, 0.3) is 5.89 Å². The number of methoxy groups -OCH3 is 1. The van der Waals surface area contributed by atoms with E-state index in [1.807, 2.05) is 45.2 Å². The van der Waals surface area contributed by atoms with Crippen LogP contribution in [0.2, 0.25) is 0 Å². The molecular formula is C15H16N4O2. The largest absolute Gasteiger partial charge is 0.496 e. The average molecular weight is 284 g/mol. The fraction of sp³-hybridized carbons (Fsp3) is 0.267. The van der Waals surface area contributed by atoms with Crippen LogP contribution in [-0.4, -0.2) is 27.0 Å². The molecule has 0 aliphatic rings. The highest BCUT2D eigenvalue weighted by Gasteiger charge is 2.19. The fourth-order valence-electron chi connectivity index (χ4n) is 2.35. The third-order valence-electron chi connectivity index (χ3n) is 3.50. The molecule has 21 heavy (non-hydrogen) atoms. The van der Waals surface area contributed by atoms with E-state index in [1.165, 1.54) is 0 Å². The monoisotopic (exact) mass is 284 g/mol. The van der Waals surface area contributed by atoms with Crippen LogP contribution in [0.15, 0.2) is 28.8 Å². The standard InChI is InChI=1S/C15H16N4O2/c1-9-13(10(2)19(3)17-9)15-16-14(18-21-15)11-7-5-6-8-12(11)20-4/h5-8H,1-4H3. The summed E-state index contributed by atoms with van der Waals surface area (Å²) in [6.07, 6.45) is 0. The number of hydrogen-bond donors (Lipinski definition) is 0. The van der Waals surface area contributed by atoms with Gasteiger partial charge in [-0.15, -0.1) is 0 Å². The highest BCUT2D eigenvalue weighted by molar-refractivity contribution is 5.67. The van der Waals surface area contributed by atoms with Crippen molar-refractivity contribution in [3.8, 4) is 28.6 Å². The Labute approximate surface area is 122 Å². The Morgan fingerprint density at radius 1 is 1.19 bits per heavy atom. The maximum atomic E-state index is 5.41. The van der Waals surface area contributed by atoms with Crippen LogP contribution < -0.4 is 4.74 Å². The normalized spacial score (nSPS) is 10.9. The number of para-hydroxylation sites is 1. The Bertz CT molecular complexity index is 789. The topological polar surface area (TPSA) is 66.0 Å². The molecule has 0 N–H and O–H groups in total. The molecule has 0 bridgehead atoms. The summed E-state index contributed by atoms with van der Waals surface area (Å²) in [4.78, 5) is 4.48. The highest BCUT2D eigenvalue weighted by atomic mass is 16.5. The minimum atomic E-state index is 0.471. The van der Waals surface area contributed by atoms with Crippen LogP contribution in [0.4, 0.5) is 0 Å². The van der Waals surface area contributed by atoms with Crippen LogP contribution in [0.3, 0.4) is 0 Å². The molecule has 2 heterocycles. The summed E-state index contributed by atoms with van der Waals surface area (Å²) in [7, 11) is 3.51. The van der Waals surface area contributed by atoms with Crippen LogP contribution in [0, 0.1) is 13.8 Å². The van der Waals surface area contributed by atoms with Crippen molar-refractivity contribution < 1.29 is 9.26 Å². The lowest BCUT2D eigenvalue weighted by Crippen LogP contribution is -1.92. The molecule has 0 fully saturated rings. The van der Waals surface area contributed by atoms with E-state index in [0.29, 0.717) is 17.5 Å². The molecule has 3 rings (SSSR count). The van der Waals surface area contributed by atoms with Gasteiger partial charge in [-0.3, -0.25) is 4.68 Å². The van der Waals surface area contributed by atoms with E-state index in [0.717, 1.165) is 22.5 Å². The van der Waals surface area contributed by atoms with E-state index < -0.39 is 0 Å². The van der Waals surface area contributed by atoms with E-state index in [2.05, 4.69) is 15.2 Å². The first-order chi connectivity index (χ1) is 10.1. The van der Waals surface area contributed by atoms with Crippen LogP contribution >= 0.6 is 0 Å². The van der Waals surface area contributed by atoms with Gasteiger partial charge >= 0.3 is 0 Å². The average Bonchev–Trinajstić information content (AvgIpc) is 3.05. The Hall–Kier alpha value is -2.63. The van der Waals surface area contributed by atoms with E-state index in [-0.39, 0.29) is 0 Å². The summed E-state index contributed by atoms with van der Waals surface area (Å²) >= 11 is 0. The maximum Gasteiger partial charge on any atom is 0.261 e. The molecule has 2 aromatic heterocycles. The van der Waals surface area contributed by atoms with Crippen LogP contribution in [0.5, 0.6) is 5.75 Å². The third-order valence-corrected chi connectivity index (χ3v) is 3.50. The van der Waals surface area contributed by atoms with Crippen LogP contribution in [0.1, 0.15) is 11.4 Å². The van der Waals surface area contributed by atoms with Crippen molar-refractivity contribution in [3.05, 3.63) is 35.7 Å². The fourth-order valence-corrected chi connectivity index (χ4v) is 2.35. The Balaban J connectivity index is 2.08. The van der Waals surface area contributed by atoms with Crippen molar-refractivity contribution in [2.45, 2.75) is 13.8 Å². The van der Waals surface area contributed by atoms with Gasteiger partial charge in [0.05, 0.1) is 23.9 Å². The molecule has 0 saturated heterocycles. The Kier molecular flexibility index (Phi) is 3.21. The number of rotatable bonds is 3. The highest BCUT2D eigenvalue weighted by Crippen LogP contribution is 2.31. The van der Waals surface area contributed by atoms with Crippen LogP contribution in [-0.2, 0) is 7.05 Å². The lowest BCUT2D eigenvalue weighted by molar-refractivity contribution is 0.413. The van der Waals surface area contributed by atoms with Gasteiger partial charge in [-0.25, -0.2) is 0 Å². The van der Waals surface area contributed by atoms with E-state index in [1.54, 1.807) is 11.8 Å². The van der Waals surface area contributed by atoms with Gasteiger partial charge in [-0.05, 0) is 26.0 Å². The summed E-state index contributed by atoms with van der Waals surface area (Å²) in [5.74, 6) is 1.69. The van der Waals surface area contributed by atoms with Crippen molar-refractivity contribution in [1.29, 1.82) is 0 Å². The zero-order valence-corrected chi connectivity index (χ0v) is 12.4. The molecule has 108 valence electrons. The molecule has 6 nitrogen and oxygen atoms in total. The molecule has 3 aromatic rings. The number of aromatic nitrogens is 4. The van der Waals surface area contributed by atoms with E-state index in [9.17, 15) is 0 Å². The SMILES string of the molecule is COc1ccccc1-c1noc(-c2c(C)nn(C)c2C)n1. The molecule has 0 aliphatic carbocycles. The summed E-state index contributed by atoms with van der Waals surface area (Å²) in [5, 5.41) is 8.43. The lowest BCUT2D eigenvalue weighted by Gasteiger charge is -2.03. The van der Waals surface area contributed by atoms with E-state index in [4.69, 9.17) is 9.26 Å². The van der Waals surface area contributed by atoms with Gasteiger partial charge in [-0.1, -0.05) is 17.3 Å². The maximum absolute atomic E-state index is 5.41. The molecule has 0 atom stereocenters. The molecule has 0 amide bonds. The molecular weight excluding hydrogens is 268 g/mol. The van der Waals surface area contributed by atoms with Crippen LogP contribution in [0.25, 0.3) is 22.8 Å². The van der Waals surface area contributed by atoms with Gasteiger partial charge in [0.2, 0.25) is 5.82 Å². The number of ether oxygens (including phenoxy) is 1. The van der Waals surface area contributed by atoms with E-state index >= 15 is 0 Å². The zero-order chi connectivity index (χ0) is 15.0. The number of nitrogens with zero attached hydrogens (tertiary/aromatic N) is 4. The molecule has 6 heteroatoms. The summed E-state index contributed by atoms with van der Waals surface area (Å²) in [5.41, 5.74) is 3.54. The minimum Gasteiger partial charge on any atom is -0.496 e. The second-order valence-electron chi connectivity index (χ2n) is 4.79. The predicted molar refractivity (Wildman–Crippen MR) is 78.0 cm³/mol. The smallest absolute Gasteiger partial charge is 0.261 e. The van der Waals surface area contributed by atoms with Crippen molar-refractivity contribution in [2.75, 3.05) is 7.11 Å². The van der Waals surface area contributed by atoms with Crippen molar-refractivity contribution in [1.82, 2.24) is 19.9 Å².